The molecule has 1 N–H and O–H groups in total. The molecule has 1 aromatic rings. The van der Waals surface area contributed by atoms with E-state index in [-0.39, 0.29) is 0 Å². The molecule has 0 fully saturated rings. The van der Waals surface area contributed by atoms with Gasteiger partial charge in [0.15, 0.2) is 5.82 Å². The lowest BCUT2D eigenvalue weighted by Crippen LogP contribution is -2.15. The summed E-state index contributed by atoms with van der Waals surface area (Å²) in [6.07, 6.45) is 4.17. The van der Waals surface area contributed by atoms with Crippen LogP contribution in [-0.4, -0.2) is 36.5 Å². The zero-order chi connectivity index (χ0) is 14.4. The number of aliphatic hydroxyl groups excluding tert-OH is 1. The van der Waals surface area contributed by atoms with Crippen LogP contribution in [0.5, 0.6) is 0 Å². The lowest BCUT2D eigenvalue weighted by molar-refractivity contribution is 0.177. The van der Waals surface area contributed by atoms with Crippen LogP contribution in [0.2, 0.25) is 0 Å². The smallest absolute Gasteiger partial charge is 0.154 e. The van der Waals surface area contributed by atoms with Gasteiger partial charge in [0.1, 0.15) is 5.69 Å². The molecule has 1 atom stereocenters. The molecule has 0 saturated carbocycles. The molecular formula is C15H23N3O. The normalized spacial score (nSPS) is 12.7. The number of aliphatic imine (C=N–C) groups is 1. The van der Waals surface area contributed by atoms with Gasteiger partial charge in [-0.1, -0.05) is 6.08 Å². The molecule has 104 valence electrons. The Bertz CT molecular complexity index is 467. The van der Waals surface area contributed by atoms with Gasteiger partial charge in [-0.2, -0.15) is 0 Å². The summed E-state index contributed by atoms with van der Waals surface area (Å²) in [4.78, 5) is 10.9. The number of aliphatic hydroxyl groups is 1. The number of nitrogens with zero attached hydrogens (tertiary/aromatic N) is 3. The van der Waals surface area contributed by atoms with E-state index < -0.39 is 6.10 Å². The lowest BCUT2D eigenvalue weighted by Gasteiger charge is -2.18. The fraction of sp³-hybridized carbons (Fsp3) is 0.467. The maximum absolute atomic E-state index is 9.84. The number of rotatable bonds is 6. The lowest BCUT2D eigenvalue weighted by atomic mass is 10.1. The molecule has 0 aliphatic rings. The summed E-state index contributed by atoms with van der Waals surface area (Å²) in [6, 6.07) is 1.99. The Morgan fingerprint density at radius 1 is 1.53 bits per heavy atom. The van der Waals surface area contributed by atoms with Crippen LogP contribution in [0.15, 0.2) is 23.7 Å². The van der Waals surface area contributed by atoms with Crippen molar-refractivity contribution < 1.29 is 5.11 Å². The van der Waals surface area contributed by atoms with Crippen LogP contribution >= 0.6 is 0 Å². The number of pyridine rings is 1. The Morgan fingerprint density at radius 3 is 2.74 bits per heavy atom. The molecule has 0 aliphatic carbocycles. The molecule has 0 radical (unpaired) electrons. The van der Waals surface area contributed by atoms with Crippen LogP contribution in [0.3, 0.4) is 0 Å². The number of hydrogen-bond donors (Lipinski definition) is 1. The molecular weight excluding hydrogens is 238 g/mol. The van der Waals surface area contributed by atoms with Crippen LogP contribution in [-0.2, 0) is 6.42 Å². The van der Waals surface area contributed by atoms with Crippen molar-refractivity contribution in [3.05, 3.63) is 30.0 Å². The van der Waals surface area contributed by atoms with E-state index in [9.17, 15) is 5.11 Å². The van der Waals surface area contributed by atoms with E-state index in [1.54, 1.807) is 12.3 Å². The van der Waals surface area contributed by atoms with Crippen molar-refractivity contribution in [3.8, 4) is 0 Å². The standard InChI is InChI=1S/C15H23N3O/c1-6-8-13(19)10-12-9-11(3)14(16-7-2)15(17-12)18(4)5/h6-7,9,13,19H,1,8,10H2,2-5H3. The molecule has 1 heterocycles. The van der Waals surface area contributed by atoms with E-state index >= 15 is 0 Å². The van der Waals surface area contributed by atoms with E-state index in [4.69, 9.17) is 0 Å². The quantitative estimate of drug-likeness (QED) is 0.632. The highest BCUT2D eigenvalue weighted by atomic mass is 16.3. The number of aryl methyl sites for hydroxylation is 1. The second-order valence-corrected chi connectivity index (χ2v) is 4.77. The molecule has 0 amide bonds. The van der Waals surface area contributed by atoms with Gasteiger partial charge in [-0.3, -0.25) is 4.99 Å². The summed E-state index contributed by atoms with van der Waals surface area (Å²) in [5, 5.41) is 9.84. The second kappa shape index (κ2) is 7.04. The Hall–Kier alpha value is -1.68. The predicted octanol–water partition coefficient (Wildman–Crippen LogP) is 2.66. The number of anilines is 1. The Labute approximate surface area is 115 Å². The van der Waals surface area contributed by atoms with Gasteiger partial charge in [0.2, 0.25) is 0 Å². The molecule has 4 nitrogen and oxygen atoms in total. The molecule has 1 unspecified atom stereocenters. The summed E-state index contributed by atoms with van der Waals surface area (Å²) in [5.41, 5.74) is 2.83. The highest BCUT2D eigenvalue weighted by Crippen LogP contribution is 2.30. The fourth-order valence-electron chi connectivity index (χ4n) is 1.94. The summed E-state index contributed by atoms with van der Waals surface area (Å²) in [6.45, 7) is 7.54. The second-order valence-electron chi connectivity index (χ2n) is 4.77. The number of aromatic nitrogens is 1. The van der Waals surface area contributed by atoms with E-state index in [0.717, 1.165) is 22.8 Å². The van der Waals surface area contributed by atoms with Crippen LogP contribution in [0.25, 0.3) is 0 Å². The minimum Gasteiger partial charge on any atom is -0.392 e. The van der Waals surface area contributed by atoms with Gasteiger partial charge in [-0.05, 0) is 31.9 Å². The minimum absolute atomic E-state index is 0.431. The third-order valence-corrected chi connectivity index (χ3v) is 2.78. The third-order valence-electron chi connectivity index (χ3n) is 2.78. The van der Waals surface area contributed by atoms with Crippen molar-refractivity contribution in [2.24, 2.45) is 4.99 Å². The highest BCUT2D eigenvalue weighted by molar-refractivity contribution is 5.72. The summed E-state index contributed by atoms with van der Waals surface area (Å²) in [5.74, 6) is 0.832. The molecule has 0 aromatic carbocycles. The summed E-state index contributed by atoms with van der Waals surface area (Å²) in [7, 11) is 3.89. The van der Waals surface area contributed by atoms with Crippen molar-refractivity contribution in [2.75, 3.05) is 19.0 Å². The van der Waals surface area contributed by atoms with Crippen LogP contribution in [0.1, 0.15) is 24.6 Å². The Morgan fingerprint density at radius 2 is 2.21 bits per heavy atom. The SMILES string of the molecule is C=CCC(O)Cc1cc(C)c(N=CC)c(N(C)C)n1. The molecule has 1 rings (SSSR count). The molecule has 0 saturated heterocycles. The monoisotopic (exact) mass is 261 g/mol. The average molecular weight is 261 g/mol. The van der Waals surface area contributed by atoms with E-state index in [1.165, 1.54) is 0 Å². The first-order chi connectivity index (χ1) is 8.99. The van der Waals surface area contributed by atoms with Crippen LogP contribution in [0, 0.1) is 6.92 Å². The molecule has 4 heteroatoms. The number of hydrogen-bond acceptors (Lipinski definition) is 4. The predicted molar refractivity (Wildman–Crippen MR) is 81.7 cm³/mol. The Kier molecular flexibility index (Phi) is 5.70. The summed E-state index contributed by atoms with van der Waals surface area (Å²) < 4.78 is 0. The fourth-order valence-corrected chi connectivity index (χ4v) is 1.94. The largest absolute Gasteiger partial charge is 0.392 e. The van der Waals surface area contributed by atoms with Gasteiger partial charge in [-0.25, -0.2) is 4.98 Å². The van der Waals surface area contributed by atoms with Gasteiger partial charge >= 0.3 is 0 Å². The van der Waals surface area contributed by atoms with Crippen molar-refractivity contribution in [2.45, 2.75) is 32.8 Å². The topological polar surface area (TPSA) is 48.7 Å². The van der Waals surface area contributed by atoms with Crippen molar-refractivity contribution in [1.29, 1.82) is 0 Å². The first kappa shape index (κ1) is 15.4. The first-order valence-corrected chi connectivity index (χ1v) is 6.45. The molecule has 1 aromatic heterocycles. The van der Waals surface area contributed by atoms with Crippen molar-refractivity contribution >= 4 is 17.7 Å². The summed E-state index contributed by atoms with van der Waals surface area (Å²) >= 11 is 0. The molecule has 0 bridgehead atoms. The van der Waals surface area contributed by atoms with Crippen molar-refractivity contribution in [1.82, 2.24) is 4.98 Å². The van der Waals surface area contributed by atoms with E-state index in [1.807, 2.05) is 38.9 Å². The maximum atomic E-state index is 9.84. The van der Waals surface area contributed by atoms with E-state index in [0.29, 0.717) is 12.8 Å². The zero-order valence-electron chi connectivity index (χ0n) is 12.2. The van der Waals surface area contributed by atoms with Crippen LogP contribution < -0.4 is 4.90 Å². The first-order valence-electron chi connectivity index (χ1n) is 6.45. The zero-order valence-corrected chi connectivity index (χ0v) is 12.2. The molecule has 0 aliphatic heterocycles. The van der Waals surface area contributed by atoms with Gasteiger partial charge in [-0.15, -0.1) is 6.58 Å². The minimum atomic E-state index is -0.431. The Balaban J connectivity index is 3.13. The maximum Gasteiger partial charge on any atom is 0.154 e. The highest BCUT2D eigenvalue weighted by Gasteiger charge is 2.13. The van der Waals surface area contributed by atoms with E-state index in [2.05, 4.69) is 16.6 Å². The van der Waals surface area contributed by atoms with Crippen LogP contribution in [0.4, 0.5) is 11.5 Å². The average Bonchev–Trinajstić information content (AvgIpc) is 2.32. The van der Waals surface area contributed by atoms with Gasteiger partial charge in [0.05, 0.1) is 6.10 Å². The van der Waals surface area contributed by atoms with Crippen molar-refractivity contribution in [3.63, 3.8) is 0 Å². The van der Waals surface area contributed by atoms with Gasteiger partial charge in [0, 0.05) is 32.4 Å². The third kappa shape index (κ3) is 4.17. The van der Waals surface area contributed by atoms with Gasteiger partial charge < -0.3 is 10.0 Å². The molecule has 0 spiro atoms. The van der Waals surface area contributed by atoms with Gasteiger partial charge in [0.25, 0.3) is 0 Å². The molecule has 19 heavy (non-hydrogen) atoms.